The number of aromatic nitrogens is 2. The summed E-state index contributed by atoms with van der Waals surface area (Å²) < 4.78 is 0. The summed E-state index contributed by atoms with van der Waals surface area (Å²) in [5.74, 6) is 0. The maximum Gasteiger partial charge on any atom is 0.151 e. The van der Waals surface area contributed by atoms with Crippen LogP contribution in [0.15, 0.2) is 24.3 Å². The summed E-state index contributed by atoms with van der Waals surface area (Å²) in [6.45, 7) is 0.534. The van der Waals surface area contributed by atoms with Crippen LogP contribution in [0.4, 0.5) is 0 Å². The molecule has 1 aromatic carbocycles. The quantitative estimate of drug-likeness (QED) is 0.881. The summed E-state index contributed by atoms with van der Waals surface area (Å²) in [7, 11) is 0. The standard InChI is InChI=1S/C10H10ClN3.ClH/c11-10-9(5-6-12)13-7-3-1-2-4-8(7)14-10;/h1-4H,5-6,12H2;1H. The predicted molar refractivity (Wildman–Crippen MR) is 64.6 cm³/mol. The van der Waals surface area contributed by atoms with Gasteiger partial charge in [-0.15, -0.1) is 12.4 Å². The fourth-order valence-corrected chi connectivity index (χ4v) is 1.54. The molecule has 0 aliphatic heterocycles. The van der Waals surface area contributed by atoms with Gasteiger partial charge in [-0.25, -0.2) is 9.97 Å². The van der Waals surface area contributed by atoms with Gasteiger partial charge >= 0.3 is 0 Å². The highest BCUT2D eigenvalue weighted by Crippen LogP contribution is 2.16. The number of nitrogens with zero attached hydrogens (tertiary/aromatic N) is 2. The Labute approximate surface area is 99.1 Å². The summed E-state index contributed by atoms with van der Waals surface area (Å²) in [5, 5.41) is 0.453. The van der Waals surface area contributed by atoms with E-state index in [9.17, 15) is 0 Å². The number of rotatable bonds is 2. The molecule has 80 valence electrons. The van der Waals surface area contributed by atoms with E-state index in [0.717, 1.165) is 16.7 Å². The maximum absolute atomic E-state index is 5.95. The van der Waals surface area contributed by atoms with E-state index in [2.05, 4.69) is 9.97 Å². The van der Waals surface area contributed by atoms with Gasteiger partial charge in [0.25, 0.3) is 0 Å². The van der Waals surface area contributed by atoms with E-state index in [-0.39, 0.29) is 12.4 Å². The van der Waals surface area contributed by atoms with Gasteiger partial charge in [-0.1, -0.05) is 23.7 Å². The van der Waals surface area contributed by atoms with E-state index in [1.807, 2.05) is 24.3 Å². The summed E-state index contributed by atoms with van der Waals surface area (Å²) >= 11 is 5.95. The molecule has 0 saturated carbocycles. The van der Waals surface area contributed by atoms with Gasteiger partial charge < -0.3 is 5.73 Å². The molecular formula is C10H11Cl2N3. The van der Waals surface area contributed by atoms with Crippen LogP contribution >= 0.6 is 24.0 Å². The van der Waals surface area contributed by atoms with Crippen molar-refractivity contribution in [1.82, 2.24) is 9.97 Å². The zero-order valence-electron chi connectivity index (χ0n) is 7.98. The highest BCUT2D eigenvalue weighted by molar-refractivity contribution is 6.30. The Morgan fingerprint density at radius 1 is 1.13 bits per heavy atom. The molecule has 0 radical (unpaired) electrons. The largest absolute Gasteiger partial charge is 0.330 e. The molecule has 5 heteroatoms. The monoisotopic (exact) mass is 243 g/mol. The van der Waals surface area contributed by atoms with E-state index in [1.54, 1.807) is 0 Å². The van der Waals surface area contributed by atoms with Crippen molar-refractivity contribution in [3.63, 3.8) is 0 Å². The van der Waals surface area contributed by atoms with Gasteiger partial charge in [-0.3, -0.25) is 0 Å². The van der Waals surface area contributed by atoms with Crippen LogP contribution in [0, 0.1) is 0 Å². The third-order valence-electron chi connectivity index (χ3n) is 1.98. The fourth-order valence-electron chi connectivity index (χ4n) is 1.31. The summed E-state index contributed by atoms with van der Waals surface area (Å²) in [4.78, 5) is 8.63. The molecule has 0 saturated heterocycles. The lowest BCUT2D eigenvalue weighted by Crippen LogP contribution is -2.06. The van der Waals surface area contributed by atoms with Crippen molar-refractivity contribution >= 4 is 35.0 Å². The van der Waals surface area contributed by atoms with Crippen molar-refractivity contribution in [3.05, 3.63) is 35.1 Å². The highest BCUT2D eigenvalue weighted by Gasteiger charge is 2.04. The molecule has 2 rings (SSSR count). The molecule has 0 aliphatic rings. The number of nitrogens with two attached hydrogens (primary N) is 1. The lowest BCUT2D eigenvalue weighted by molar-refractivity contribution is 0.922. The first-order valence-corrected chi connectivity index (χ1v) is 4.80. The van der Waals surface area contributed by atoms with E-state index >= 15 is 0 Å². The number of hydrogen-bond donors (Lipinski definition) is 1. The van der Waals surface area contributed by atoms with E-state index in [1.165, 1.54) is 0 Å². The van der Waals surface area contributed by atoms with Gasteiger partial charge in [0.1, 0.15) is 0 Å². The normalized spacial score (nSPS) is 10.0. The third-order valence-corrected chi connectivity index (χ3v) is 2.28. The molecular weight excluding hydrogens is 233 g/mol. The Morgan fingerprint density at radius 3 is 2.33 bits per heavy atom. The van der Waals surface area contributed by atoms with Gasteiger partial charge in [0.15, 0.2) is 5.15 Å². The van der Waals surface area contributed by atoms with Crippen LogP contribution in [0.25, 0.3) is 11.0 Å². The van der Waals surface area contributed by atoms with Crippen LogP contribution in [0.2, 0.25) is 5.15 Å². The molecule has 1 heterocycles. The van der Waals surface area contributed by atoms with E-state index in [0.29, 0.717) is 18.1 Å². The van der Waals surface area contributed by atoms with Gasteiger partial charge in [0.2, 0.25) is 0 Å². The topological polar surface area (TPSA) is 51.8 Å². The number of benzene rings is 1. The van der Waals surface area contributed by atoms with E-state index < -0.39 is 0 Å². The predicted octanol–water partition coefficient (Wildman–Crippen LogP) is 2.21. The zero-order chi connectivity index (χ0) is 9.97. The molecule has 0 bridgehead atoms. The first-order chi connectivity index (χ1) is 6.81. The molecule has 2 N–H and O–H groups in total. The molecule has 1 aromatic heterocycles. The van der Waals surface area contributed by atoms with Crippen LogP contribution in [0.5, 0.6) is 0 Å². The van der Waals surface area contributed by atoms with E-state index in [4.69, 9.17) is 17.3 Å². The minimum Gasteiger partial charge on any atom is -0.330 e. The first kappa shape index (κ1) is 12.2. The van der Waals surface area contributed by atoms with Crippen LogP contribution in [0.3, 0.4) is 0 Å². The van der Waals surface area contributed by atoms with Crippen molar-refractivity contribution in [2.45, 2.75) is 6.42 Å². The summed E-state index contributed by atoms with van der Waals surface area (Å²) in [6, 6.07) is 7.65. The minimum absolute atomic E-state index is 0. The molecule has 0 aliphatic carbocycles. The number of fused-ring (bicyclic) bond motifs is 1. The average Bonchev–Trinajstić information content (AvgIpc) is 2.19. The van der Waals surface area contributed by atoms with Crippen molar-refractivity contribution in [2.24, 2.45) is 5.73 Å². The number of para-hydroxylation sites is 2. The third kappa shape index (κ3) is 2.56. The van der Waals surface area contributed by atoms with Gasteiger partial charge in [-0.2, -0.15) is 0 Å². The lowest BCUT2D eigenvalue weighted by atomic mass is 10.2. The second-order valence-corrected chi connectivity index (χ2v) is 3.35. The summed E-state index contributed by atoms with van der Waals surface area (Å²) in [5.41, 5.74) is 7.90. The lowest BCUT2D eigenvalue weighted by Gasteiger charge is -2.02. The zero-order valence-corrected chi connectivity index (χ0v) is 9.55. The van der Waals surface area contributed by atoms with Crippen molar-refractivity contribution in [2.75, 3.05) is 6.54 Å². The fraction of sp³-hybridized carbons (Fsp3) is 0.200. The van der Waals surface area contributed by atoms with Crippen LogP contribution in [-0.2, 0) is 6.42 Å². The van der Waals surface area contributed by atoms with Gasteiger partial charge in [-0.05, 0) is 18.7 Å². The molecule has 0 atom stereocenters. The van der Waals surface area contributed by atoms with Crippen molar-refractivity contribution in [3.8, 4) is 0 Å². The highest BCUT2D eigenvalue weighted by atomic mass is 35.5. The Morgan fingerprint density at radius 2 is 1.73 bits per heavy atom. The molecule has 0 fully saturated rings. The smallest absolute Gasteiger partial charge is 0.151 e. The maximum atomic E-state index is 5.95. The number of hydrogen-bond acceptors (Lipinski definition) is 3. The minimum atomic E-state index is 0. The number of halogens is 2. The molecule has 2 aromatic rings. The second-order valence-electron chi connectivity index (χ2n) is 2.99. The molecule has 0 unspecified atom stereocenters. The van der Waals surface area contributed by atoms with Crippen LogP contribution < -0.4 is 5.73 Å². The van der Waals surface area contributed by atoms with Gasteiger partial charge in [0, 0.05) is 6.42 Å². The Hall–Kier alpha value is -0.900. The summed E-state index contributed by atoms with van der Waals surface area (Å²) in [6.07, 6.45) is 0.663. The first-order valence-electron chi connectivity index (χ1n) is 4.42. The Bertz CT molecular complexity index is 459. The molecule has 0 amide bonds. The average molecular weight is 244 g/mol. The molecule has 0 spiro atoms. The van der Waals surface area contributed by atoms with Crippen molar-refractivity contribution < 1.29 is 0 Å². The molecule has 3 nitrogen and oxygen atoms in total. The Kier molecular flexibility index (Phi) is 4.27. The van der Waals surface area contributed by atoms with Crippen LogP contribution in [0.1, 0.15) is 5.69 Å². The van der Waals surface area contributed by atoms with Crippen LogP contribution in [-0.4, -0.2) is 16.5 Å². The SMILES string of the molecule is Cl.NCCc1nc2ccccc2nc1Cl. The van der Waals surface area contributed by atoms with Gasteiger partial charge in [0.05, 0.1) is 16.7 Å². The molecule has 15 heavy (non-hydrogen) atoms. The van der Waals surface area contributed by atoms with Crippen molar-refractivity contribution in [1.29, 1.82) is 0 Å². The second kappa shape index (κ2) is 5.26. The Balaban J connectivity index is 0.00000112.